The summed E-state index contributed by atoms with van der Waals surface area (Å²) in [5.41, 5.74) is 3.40. The van der Waals surface area contributed by atoms with Crippen molar-refractivity contribution in [1.82, 2.24) is 4.90 Å². The van der Waals surface area contributed by atoms with E-state index in [2.05, 4.69) is 5.32 Å². The van der Waals surface area contributed by atoms with Gasteiger partial charge in [0.05, 0.1) is 32.2 Å². The van der Waals surface area contributed by atoms with E-state index in [1.165, 1.54) is 7.11 Å². The molecule has 0 saturated carbocycles. The van der Waals surface area contributed by atoms with Gasteiger partial charge < -0.3 is 19.7 Å². The fourth-order valence-corrected chi connectivity index (χ4v) is 3.96. The predicted molar refractivity (Wildman–Crippen MR) is 123 cm³/mol. The highest BCUT2D eigenvalue weighted by molar-refractivity contribution is 5.99. The molecule has 1 atom stereocenters. The van der Waals surface area contributed by atoms with Crippen LogP contribution in [0.4, 0.5) is 5.69 Å². The maximum absolute atomic E-state index is 13.1. The fraction of sp³-hybridized carbons (Fsp3) is 0.192. The fourth-order valence-electron chi connectivity index (χ4n) is 3.96. The van der Waals surface area contributed by atoms with Crippen molar-refractivity contribution in [2.24, 2.45) is 0 Å². The van der Waals surface area contributed by atoms with Crippen LogP contribution in [0.25, 0.3) is 0 Å². The third-order valence-corrected chi connectivity index (χ3v) is 5.69. The topological polar surface area (TPSA) is 84.9 Å². The summed E-state index contributed by atoms with van der Waals surface area (Å²) in [5.74, 6) is -0.0877. The Labute approximate surface area is 191 Å². The molecule has 1 heterocycles. The van der Waals surface area contributed by atoms with Crippen LogP contribution in [-0.2, 0) is 16.1 Å². The summed E-state index contributed by atoms with van der Waals surface area (Å²) in [6, 6.07) is 20.9. The first-order valence-electron chi connectivity index (χ1n) is 10.5. The van der Waals surface area contributed by atoms with E-state index in [0.29, 0.717) is 29.1 Å². The van der Waals surface area contributed by atoms with Crippen molar-refractivity contribution < 1.29 is 23.9 Å². The predicted octanol–water partition coefficient (Wildman–Crippen LogP) is 4.21. The minimum atomic E-state index is -0.454. The molecule has 4 rings (SSSR count). The van der Waals surface area contributed by atoms with Gasteiger partial charge in [-0.05, 0) is 53.6 Å². The Balaban J connectivity index is 1.55. The number of amides is 2. The number of carbonyl (C=O) groups excluding carboxylic acids is 3. The Bertz CT molecular complexity index is 1170. The molecule has 0 saturated heterocycles. The molecule has 0 aromatic heterocycles. The number of hydrogen-bond acceptors (Lipinski definition) is 5. The number of benzene rings is 3. The molecule has 1 aliphatic rings. The van der Waals surface area contributed by atoms with Gasteiger partial charge in [0.2, 0.25) is 5.91 Å². The number of esters is 1. The van der Waals surface area contributed by atoms with Gasteiger partial charge in [-0.1, -0.05) is 30.3 Å². The minimum Gasteiger partial charge on any atom is -0.497 e. The van der Waals surface area contributed by atoms with E-state index in [-0.39, 0.29) is 18.2 Å². The van der Waals surface area contributed by atoms with E-state index >= 15 is 0 Å². The first-order chi connectivity index (χ1) is 16.0. The molecule has 7 heteroatoms. The molecule has 33 heavy (non-hydrogen) atoms. The van der Waals surface area contributed by atoms with Gasteiger partial charge in [0.1, 0.15) is 5.75 Å². The largest absolute Gasteiger partial charge is 0.497 e. The molecule has 1 N–H and O–H groups in total. The lowest BCUT2D eigenvalue weighted by molar-refractivity contribution is -0.117. The van der Waals surface area contributed by atoms with Crippen molar-refractivity contribution in [2.75, 3.05) is 19.5 Å². The molecular formula is C26H24N2O5. The van der Waals surface area contributed by atoms with Gasteiger partial charge in [-0.3, -0.25) is 9.59 Å². The number of methoxy groups -OCH3 is 2. The number of fused-ring (bicyclic) bond motifs is 1. The minimum absolute atomic E-state index is 0.0742. The lowest BCUT2D eigenvalue weighted by atomic mass is 10.0. The first-order valence-corrected chi connectivity index (χ1v) is 10.5. The van der Waals surface area contributed by atoms with E-state index in [4.69, 9.17) is 9.47 Å². The Morgan fingerprint density at radius 2 is 1.67 bits per heavy atom. The molecule has 3 aromatic rings. The molecule has 168 valence electrons. The lowest BCUT2D eigenvalue weighted by Gasteiger charge is -2.28. The summed E-state index contributed by atoms with van der Waals surface area (Å²) in [5, 5.41) is 2.85. The molecule has 0 radical (unpaired) electrons. The van der Waals surface area contributed by atoms with Crippen molar-refractivity contribution >= 4 is 23.5 Å². The third-order valence-electron chi connectivity index (χ3n) is 5.69. The highest BCUT2D eigenvalue weighted by Crippen LogP contribution is 2.34. The summed E-state index contributed by atoms with van der Waals surface area (Å²) in [6.45, 7) is 0.437. The van der Waals surface area contributed by atoms with Gasteiger partial charge >= 0.3 is 5.97 Å². The standard InChI is InChI=1S/C26H24N2O5/c1-32-21-13-9-17(10-14-21)23(28-16-19-5-3-4-6-22(19)25(28)30)15-24(29)27-20-11-7-18(8-12-20)26(31)33-2/h3-14,23H,15-16H2,1-2H3,(H,27,29)/t23-/m1/s1. The highest BCUT2D eigenvalue weighted by atomic mass is 16.5. The molecule has 2 amide bonds. The van der Waals surface area contributed by atoms with Gasteiger partial charge in [0, 0.05) is 17.8 Å². The monoisotopic (exact) mass is 444 g/mol. The van der Waals surface area contributed by atoms with Crippen molar-refractivity contribution in [2.45, 2.75) is 19.0 Å². The number of ether oxygens (including phenoxy) is 2. The van der Waals surface area contributed by atoms with Crippen LogP contribution < -0.4 is 10.1 Å². The van der Waals surface area contributed by atoms with Crippen LogP contribution in [0.2, 0.25) is 0 Å². The SMILES string of the molecule is COC(=O)c1ccc(NC(=O)C[C@H](c2ccc(OC)cc2)N2Cc3ccccc3C2=O)cc1. The maximum atomic E-state index is 13.1. The van der Waals surface area contributed by atoms with Crippen molar-refractivity contribution in [1.29, 1.82) is 0 Å². The molecule has 0 fully saturated rings. The summed E-state index contributed by atoms with van der Waals surface area (Å²) in [7, 11) is 2.90. The van der Waals surface area contributed by atoms with Crippen molar-refractivity contribution in [3.05, 3.63) is 95.1 Å². The van der Waals surface area contributed by atoms with Crippen LogP contribution in [0.3, 0.4) is 0 Å². The second kappa shape index (κ2) is 9.56. The Morgan fingerprint density at radius 1 is 0.970 bits per heavy atom. The van der Waals surface area contributed by atoms with Gasteiger partial charge in [0.25, 0.3) is 5.91 Å². The number of nitrogens with one attached hydrogen (secondary N) is 1. The molecule has 1 aliphatic heterocycles. The second-order valence-electron chi connectivity index (χ2n) is 7.70. The summed E-state index contributed by atoms with van der Waals surface area (Å²) in [4.78, 5) is 39.4. The van der Waals surface area contributed by atoms with Gasteiger partial charge in [-0.25, -0.2) is 4.79 Å². The van der Waals surface area contributed by atoms with Crippen LogP contribution in [-0.4, -0.2) is 36.9 Å². The number of rotatable bonds is 7. The number of hydrogen-bond donors (Lipinski definition) is 1. The summed E-state index contributed by atoms with van der Waals surface area (Å²) < 4.78 is 9.94. The molecular weight excluding hydrogens is 420 g/mol. The molecule has 0 bridgehead atoms. The second-order valence-corrected chi connectivity index (χ2v) is 7.70. The molecule has 0 aliphatic carbocycles. The van der Waals surface area contributed by atoms with Crippen molar-refractivity contribution in [3.8, 4) is 5.75 Å². The zero-order valence-electron chi connectivity index (χ0n) is 18.4. The Hall–Kier alpha value is -4.13. The van der Waals surface area contributed by atoms with Crippen LogP contribution in [0.15, 0.2) is 72.8 Å². The lowest BCUT2D eigenvalue weighted by Crippen LogP contribution is -2.32. The first kappa shape index (κ1) is 22.1. The normalized spacial score (nSPS) is 13.3. The maximum Gasteiger partial charge on any atom is 0.337 e. The Morgan fingerprint density at radius 3 is 2.30 bits per heavy atom. The van der Waals surface area contributed by atoms with Crippen LogP contribution in [0.5, 0.6) is 5.75 Å². The molecule has 0 spiro atoms. The van der Waals surface area contributed by atoms with Crippen molar-refractivity contribution in [3.63, 3.8) is 0 Å². The zero-order chi connectivity index (χ0) is 23.4. The van der Waals surface area contributed by atoms with Crippen LogP contribution >= 0.6 is 0 Å². The average Bonchev–Trinajstić information content (AvgIpc) is 3.19. The quantitative estimate of drug-likeness (QED) is 0.552. The van der Waals surface area contributed by atoms with E-state index in [9.17, 15) is 14.4 Å². The van der Waals surface area contributed by atoms with Gasteiger partial charge in [0.15, 0.2) is 0 Å². The highest BCUT2D eigenvalue weighted by Gasteiger charge is 2.34. The Kier molecular flexibility index (Phi) is 6.40. The third kappa shape index (κ3) is 4.72. The van der Waals surface area contributed by atoms with E-state index in [1.54, 1.807) is 36.3 Å². The number of anilines is 1. The van der Waals surface area contributed by atoms with E-state index in [0.717, 1.165) is 11.1 Å². The zero-order valence-corrected chi connectivity index (χ0v) is 18.4. The number of carbonyl (C=O) groups is 3. The summed E-state index contributed by atoms with van der Waals surface area (Å²) in [6.07, 6.45) is 0.0742. The smallest absolute Gasteiger partial charge is 0.337 e. The van der Waals surface area contributed by atoms with Crippen LogP contribution in [0.1, 0.15) is 44.3 Å². The van der Waals surface area contributed by atoms with E-state index < -0.39 is 12.0 Å². The van der Waals surface area contributed by atoms with Gasteiger partial charge in [-0.2, -0.15) is 0 Å². The average molecular weight is 444 g/mol. The molecule has 3 aromatic carbocycles. The molecule has 7 nitrogen and oxygen atoms in total. The van der Waals surface area contributed by atoms with Crippen LogP contribution in [0, 0.1) is 0 Å². The molecule has 0 unspecified atom stereocenters. The number of nitrogens with zero attached hydrogens (tertiary/aromatic N) is 1. The van der Waals surface area contributed by atoms with Gasteiger partial charge in [-0.15, -0.1) is 0 Å². The summed E-state index contributed by atoms with van der Waals surface area (Å²) >= 11 is 0. The van der Waals surface area contributed by atoms with E-state index in [1.807, 2.05) is 48.5 Å².